The third kappa shape index (κ3) is 5.30. The van der Waals surface area contributed by atoms with Crippen molar-refractivity contribution in [2.75, 3.05) is 20.3 Å². The molecule has 5 rings (SSSR count). The van der Waals surface area contributed by atoms with E-state index in [9.17, 15) is 0 Å². The number of hydrogen-bond donors (Lipinski definition) is 1. The van der Waals surface area contributed by atoms with Crippen LogP contribution in [-0.2, 0) is 0 Å². The Balaban J connectivity index is 1.60. The minimum Gasteiger partial charge on any atom is -0.492 e. The van der Waals surface area contributed by atoms with E-state index in [-0.39, 0.29) is 0 Å². The molecule has 0 bridgehead atoms. The summed E-state index contributed by atoms with van der Waals surface area (Å²) in [6, 6.07) is 11.3. The second-order valence-corrected chi connectivity index (χ2v) is 9.88. The summed E-state index contributed by atoms with van der Waals surface area (Å²) in [6.07, 6.45) is 10.0. The van der Waals surface area contributed by atoms with Crippen molar-refractivity contribution in [2.24, 2.45) is 0 Å². The van der Waals surface area contributed by atoms with Crippen LogP contribution in [0.1, 0.15) is 36.8 Å². The molecule has 0 radical (unpaired) electrons. The number of halogens is 1. The highest BCUT2D eigenvalue weighted by molar-refractivity contribution is 6.34. The normalized spacial score (nSPS) is 15.7. The predicted octanol–water partition coefficient (Wildman–Crippen LogP) is 6.55. The number of hydrogen-bond acceptors (Lipinski definition) is 6. The van der Waals surface area contributed by atoms with E-state index in [1.807, 2.05) is 18.3 Å². The quantitative estimate of drug-likeness (QED) is 0.309. The number of aryl methyl sites for hydroxylation is 2. The fourth-order valence-electron chi connectivity index (χ4n) is 4.94. The zero-order valence-corrected chi connectivity index (χ0v) is 21.7. The van der Waals surface area contributed by atoms with Gasteiger partial charge in [0.25, 0.3) is 0 Å². The van der Waals surface area contributed by atoms with Crippen LogP contribution < -0.4 is 14.8 Å². The van der Waals surface area contributed by atoms with E-state index in [4.69, 9.17) is 26.1 Å². The number of pyridine rings is 1. The Bertz CT molecular complexity index is 1350. The van der Waals surface area contributed by atoms with E-state index in [1.54, 1.807) is 19.5 Å². The van der Waals surface area contributed by atoms with E-state index in [2.05, 4.69) is 47.3 Å². The fourth-order valence-corrected chi connectivity index (χ4v) is 5.20. The molecule has 3 heterocycles. The summed E-state index contributed by atoms with van der Waals surface area (Å²) in [4.78, 5) is 13.3. The van der Waals surface area contributed by atoms with Crippen LogP contribution in [0, 0.1) is 13.8 Å². The molecule has 0 aliphatic carbocycles. The van der Waals surface area contributed by atoms with Gasteiger partial charge in [-0.15, -0.1) is 0 Å². The minimum absolute atomic E-state index is 0.315. The standard InChI is InChI=1S/C29H31ClN4O2/c1-18-10-19(2)12-20(11-18)25-17-32-27-14-26(30)23(21-15-33-29(35-3)34-16-21)13-24(27)28(25)36-9-7-22-6-4-5-8-31-22/h10-17,22,31H,4-9H2,1-3H3. The van der Waals surface area contributed by atoms with Gasteiger partial charge in [-0.25, -0.2) is 9.97 Å². The molecule has 0 spiro atoms. The minimum atomic E-state index is 0.315. The summed E-state index contributed by atoms with van der Waals surface area (Å²) < 4.78 is 11.7. The first-order chi connectivity index (χ1) is 17.5. The summed E-state index contributed by atoms with van der Waals surface area (Å²) in [5.41, 5.74) is 6.89. The third-order valence-electron chi connectivity index (χ3n) is 6.69. The molecule has 2 aromatic carbocycles. The highest BCUT2D eigenvalue weighted by Gasteiger charge is 2.18. The van der Waals surface area contributed by atoms with E-state index in [0.29, 0.717) is 23.7 Å². The van der Waals surface area contributed by atoms with Gasteiger partial charge in [-0.1, -0.05) is 47.3 Å². The van der Waals surface area contributed by atoms with Crippen LogP contribution >= 0.6 is 11.6 Å². The van der Waals surface area contributed by atoms with Crippen molar-refractivity contribution in [3.8, 4) is 34.0 Å². The van der Waals surface area contributed by atoms with Crippen molar-refractivity contribution in [2.45, 2.75) is 45.6 Å². The van der Waals surface area contributed by atoms with Gasteiger partial charge in [0, 0.05) is 46.7 Å². The first-order valence-electron chi connectivity index (χ1n) is 12.5. The van der Waals surface area contributed by atoms with E-state index in [1.165, 1.54) is 30.4 Å². The maximum Gasteiger partial charge on any atom is 0.316 e. The van der Waals surface area contributed by atoms with E-state index >= 15 is 0 Å². The number of piperidine rings is 1. The first kappa shape index (κ1) is 24.5. The Morgan fingerprint density at radius 3 is 2.39 bits per heavy atom. The molecule has 0 saturated carbocycles. The van der Waals surface area contributed by atoms with Gasteiger partial charge in [0.05, 0.1) is 24.3 Å². The predicted molar refractivity (Wildman–Crippen MR) is 145 cm³/mol. The first-order valence-corrected chi connectivity index (χ1v) is 12.8. The Morgan fingerprint density at radius 1 is 0.917 bits per heavy atom. The Hall–Kier alpha value is -3.22. The number of nitrogens with one attached hydrogen (secondary N) is 1. The lowest BCUT2D eigenvalue weighted by atomic mass is 9.98. The average molecular weight is 503 g/mol. The molecular formula is C29H31ClN4O2. The summed E-state index contributed by atoms with van der Waals surface area (Å²) in [7, 11) is 1.55. The second kappa shape index (κ2) is 10.8. The summed E-state index contributed by atoms with van der Waals surface area (Å²) in [5.74, 6) is 0.827. The lowest BCUT2D eigenvalue weighted by Gasteiger charge is -2.24. The van der Waals surface area contributed by atoms with E-state index in [0.717, 1.165) is 51.9 Å². The van der Waals surface area contributed by atoms with Crippen molar-refractivity contribution in [1.82, 2.24) is 20.3 Å². The van der Waals surface area contributed by atoms with Crippen molar-refractivity contribution in [1.29, 1.82) is 0 Å². The summed E-state index contributed by atoms with van der Waals surface area (Å²) in [6.45, 7) is 5.93. The van der Waals surface area contributed by atoms with Crippen LogP contribution in [0.2, 0.25) is 5.02 Å². The van der Waals surface area contributed by atoms with Gasteiger partial charge in [-0.05, 0) is 57.4 Å². The molecule has 1 atom stereocenters. The zero-order valence-electron chi connectivity index (χ0n) is 21.0. The van der Waals surface area contributed by atoms with E-state index < -0.39 is 0 Å². The highest BCUT2D eigenvalue weighted by atomic mass is 35.5. The molecule has 6 nitrogen and oxygen atoms in total. The average Bonchev–Trinajstić information content (AvgIpc) is 2.88. The lowest BCUT2D eigenvalue weighted by Crippen LogP contribution is -2.35. The molecule has 7 heteroatoms. The lowest BCUT2D eigenvalue weighted by molar-refractivity contribution is 0.271. The number of nitrogens with zero attached hydrogens (tertiary/aromatic N) is 3. The van der Waals surface area contributed by atoms with Gasteiger partial charge >= 0.3 is 6.01 Å². The molecule has 2 aromatic heterocycles. The molecule has 36 heavy (non-hydrogen) atoms. The Kier molecular flexibility index (Phi) is 7.35. The number of aromatic nitrogens is 3. The zero-order chi connectivity index (χ0) is 25.1. The maximum atomic E-state index is 6.69. The van der Waals surface area contributed by atoms with Crippen molar-refractivity contribution in [3.05, 3.63) is 65.1 Å². The smallest absolute Gasteiger partial charge is 0.316 e. The molecule has 0 amide bonds. The van der Waals surface area contributed by atoms with Gasteiger partial charge in [0.2, 0.25) is 0 Å². The number of methoxy groups -OCH3 is 1. The summed E-state index contributed by atoms with van der Waals surface area (Å²) in [5, 5.41) is 5.12. The van der Waals surface area contributed by atoms with Crippen LogP contribution in [0.5, 0.6) is 11.8 Å². The topological polar surface area (TPSA) is 69.2 Å². The van der Waals surface area contributed by atoms with Crippen LogP contribution in [0.15, 0.2) is 48.9 Å². The molecule has 1 saturated heterocycles. The van der Waals surface area contributed by atoms with Crippen LogP contribution in [0.3, 0.4) is 0 Å². The fraction of sp³-hybridized carbons (Fsp3) is 0.345. The van der Waals surface area contributed by atoms with Crippen molar-refractivity contribution in [3.63, 3.8) is 0 Å². The maximum absolute atomic E-state index is 6.69. The molecule has 1 N–H and O–H groups in total. The monoisotopic (exact) mass is 502 g/mol. The number of ether oxygens (including phenoxy) is 2. The highest BCUT2D eigenvalue weighted by Crippen LogP contribution is 2.40. The Labute approximate surface area is 217 Å². The van der Waals surface area contributed by atoms with Gasteiger partial charge in [0.1, 0.15) is 5.75 Å². The van der Waals surface area contributed by atoms with Crippen LogP contribution in [0.25, 0.3) is 33.2 Å². The molecule has 1 aliphatic rings. The molecule has 4 aromatic rings. The van der Waals surface area contributed by atoms with Crippen molar-refractivity contribution < 1.29 is 9.47 Å². The molecule has 1 aliphatic heterocycles. The number of rotatable bonds is 7. The second-order valence-electron chi connectivity index (χ2n) is 9.47. The molecular weight excluding hydrogens is 472 g/mol. The van der Waals surface area contributed by atoms with Crippen molar-refractivity contribution >= 4 is 22.5 Å². The summed E-state index contributed by atoms with van der Waals surface area (Å²) >= 11 is 6.69. The van der Waals surface area contributed by atoms with Gasteiger partial charge < -0.3 is 14.8 Å². The third-order valence-corrected chi connectivity index (χ3v) is 7.00. The van der Waals surface area contributed by atoms with Crippen LogP contribution in [0.4, 0.5) is 0 Å². The molecule has 1 fully saturated rings. The largest absolute Gasteiger partial charge is 0.492 e. The van der Waals surface area contributed by atoms with Crippen LogP contribution in [-0.4, -0.2) is 41.3 Å². The van der Waals surface area contributed by atoms with Gasteiger partial charge in [-0.2, -0.15) is 0 Å². The van der Waals surface area contributed by atoms with Gasteiger partial charge in [0.15, 0.2) is 0 Å². The Morgan fingerprint density at radius 2 is 1.69 bits per heavy atom. The number of benzene rings is 2. The number of fused-ring (bicyclic) bond motifs is 1. The molecule has 1 unspecified atom stereocenters. The van der Waals surface area contributed by atoms with Gasteiger partial charge in [-0.3, -0.25) is 4.98 Å². The SMILES string of the molecule is COc1ncc(-c2cc3c(OCCC4CCCCN4)c(-c4cc(C)cc(C)c4)cnc3cc2Cl)cn1. The molecule has 186 valence electrons.